The van der Waals surface area contributed by atoms with E-state index >= 15 is 0 Å². The number of nitrogens with one attached hydrogen (secondary N) is 1. The molecule has 1 aliphatic rings. The highest BCUT2D eigenvalue weighted by molar-refractivity contribution is 5.99. The number of pyridine rings is 1. The van der Waals surface area contributed by atoms with Crippen molar-refractivity contribution in [2.24, 2.45) is 7.05 Å². The van der Waals surface area contributed by atoms with Gasteiger partial charge in [0.05, 0.1) is 7.11 Å². The molecule has 0 unspecified atom stereocenters. The molecule has 42 heavy (non-hydrogen) atoms. The fraction of sp³-hybridized carbons (Fsp3) is 0.375. The van der Waals surface area contributed by atoms with Crippen LogP contribution in [0.15, 0.2) is 54.9 Å². The number of aromatic nitrogens is 2. The van der Waals surface area contributed by atoms with E-state index in [4.69, 9.17) is 14.2 Å². The van der Waals surface area contributed by atoms with E-state index in [0.717, 1.165) is 46.5 Å². The summed E-state index contributed by atoms with van der Waals surface area (Å²) in [6.45, 7) is 7.44. The second-order valence-corrected chi connectivity index (χ2v) is 11.5. The summed E-state index contributed by atoms with van der Waals surface area (Å²) < 4.78 is 47.1. The molecule has 1 saturated heterocycles. The lowest BCUT2D eigenvalue weighted by molar-refractivity contribution is 0.0198. The Labute approximate surface area is 244 Å². The molecule has 10 heteroatoms. The lowest BCUT2D eigenvalue weighted by Gasteiger charge is -2.33. The van der Waals surface area contributed by atoms with Crippen LogP contribution in [0.2, 0.25) is 0 Å². The molecule has 0 atom stereocenters. The Morgan fingerprint density at radius 3 is 2.48 bits per heavy atom. The lowest BCUT2D eigenvalue weighted by atomic mass is 10.0. The minimum absolute atomic E-state index is 0.0697. The number of halogens is 2. The third-order valence-electron chi connectivity index (χ3n) is 7.24. The number of nitrogens with zero attached hydrogens (tertiary/aromatic N) is 3. The van der Waals surface area contributed by atoms with E-state index < -0.39 is 17.2 Å². The van der Waals surface area contributed by atoms with Gasteiger partial charge in [0.2, 0.25) is 5.88 Å². The molecule has 2 aromatic heterocycles. The maximum absolute atomic E-state index is 14.6. The summed E-state index contributed by atoms with van der Waals surface area (Å²) in [5.41, 5.74) is 2.90. The molecule has 0 radical (unpaired) electrons. The Morgan fingerprint density at radius 1 is 1.05 bits per heavy atom. The highest BCUT2D eigenvalue weighted by Crippen LogP contribution is 2.41. The van der Waals surface area contributed by atoms with Gasteiger partial charge in [0, 0.05) is 67.7 Å². The summed E-state index contributed by atoms with van der Waals surface area (Å²) in [5.74, 6) is -0.609. The highest BCUT2D eigenvalue weighted by Gasteiger charge is 2.27. The molecule has 0 saturated carbocycles. The number of piperidine rings is 1. The van der Waals surface area contributed by atoms with Crippen molar-refractivity contribution in [3.63, 3.8) is 0 Å². The van der Waals surface area contributed by atoms with Crippen LogP contribution in [0.1, 0.15) is 39.2 Å². The van der Waals surface area contributed by atoms with Crippen molar-refractivity contribution in [1.29, 1.82) is 0 Å². The van der Waals surface area contributed by atoms with Crippen molar-refractivity contribution < 1.29 is 27.8 Å². The van der Waals surface area contributed by atoms with Crippen LogP contribution < -0.4 is 14.8 Å². The van der Waals surface area contributed by atoms with E-state index in [0.29, 0.717) is 31.3 Å². The molecule has 1 N–H and O–H groups in total. The predicted octanol–water partition coefficient (Wildman–Crippen LogP) is 6.81. The number of fused-ring (bicyclic) bond motifs is 1. The molecule has 2 aromatic carbocycles. The number of methoxy groups -OCH3 is 1. The molecule has 0 spiro atoms. The molecule has 8 nitrogen and oxygen atoms in total. The van der Waals surface area contributed by atoms with Gasteiger partial charge in [0.15, 0.2) is 11.6 Å². The first-order valence-corrected chi connectivity index (χ1v) is 14.0. The fourth-order valence-corrected chi connectivity index (χ4v) is 5.20. The quantitative estimate of drug-likeness (QED) is 0.260. The minimum atomic E-state index is -0.784. The average molecular weight is 579 g/mol. The molecule has 5 rings (SSSR count). The van der Waals surface area contributed by atoms with E-state index in [9.17, 15) is 13.6 Å². The number of hydrogen-bond acceptors (Lipinski definition) is 6. The van der Waals surface area contributed by atoms with Crippen LogP contribution in [0.25, 0.3) is 22.0 Å². The Balaban J connectivity index is 1.39. The molecule has 1 aliphatic heterocycles. The van der Waals surface area contributed by atoms with Gasteiger partial charge < -0.3 is 29.0 Å². The first kappa shape index (κ1) is 29.3. The van der Waals surface area contributed by atoms with Gasteiger partial charge in [-0.25, -0.2) is 18.6 Å². The first-order chi connectivity index (χ1) is 20.0. The van der Waals surface area contributed by atoms with Gasteiger partial charge in [-0.3, -0.25) is 0 Å². The Bertz CT molecular complexity index is 1590. The Kier molecular flexibility index (Phi) is 8.36. The van der Waals surface area contributed by atoms with E-state index in [1.807, 2.05) is 56.8 Å². The van der Waals surface area contributed by atoms with Crippen LogP contribution in [0.4, 0.5) is 13.6 Å². The number of carbonyl (C=O) groups is 1. The SMILES string of the molecule is COc1nccc2c(-c3cc(CNC4CCN(C(=O)OC(C)(C)C)CC4)ccc3Oc3ccc(F)cc3F)cn(C)c12. The average Bonchev–Trinajstić information content (AvgIpc) is 3.29. The standard InChI is InChI=1S/C32H36F2N4O4/c1-32(2,3)42-31(39)38-14-11-22(12-15-38)36-18-20-6-8-27(41-28-9-7-21(33)17-26(28)34)24(16-20)25-19-37(4)29-23(25)10-13-35-30(29)40-5/h6-10,13,16-17,19,22,36H,11-12,14-15,18H2,1-5H3. The van der Waals surface area contributed by atoms with Gasteiger partial charge in [-0.15, -0.1) is 0 Å². The predicted molar refractivity (Wildman–Crippen MR) is 157 cm³/mol. The van der Waals surface area contributed by atoms with Gasteiger partial charge in [-0.2, -0.15) is 0 Å². The lowest BCUT2D eigenvalue weighted by Crippen LogP contribution is -2.46. The molecule has 1 fully saturated rings. The topological polar surface area (TPSA) is 77.8 Å². The van der Waals surface area contributed by atoms with E-state index in [2.05, 4.69) is 10.3 Å². The van der Waals surface area contributed by atoms with E-state index in [1.165, 1.54) is 12.1 Å². The number of rotatable bonds is 7. The summed E-state index contributed by atoms with van der Waals surface area (Å²) in [6, 6.07) is 11.1. The maximum Gasteiger partial charge on any atom is 0.410 e. The van der Waals surface area contributed by atoms with Crippen LogP contribution in [0, 0.1) is 11.6 Å². The highest BCUT2D eigenvalue weighted by atomic mass is 19.1. The summed E-state index contributed by atoms with van der Waals surface area (Å²) in [6.07, 6.45) is 4.99. The fourth-order valence-electron chi connectivity index (χ4n) is 5.20. The monoisotopic (exact) mass is 578 g/mol. The second-order valence-electron chi connectivity index (χ2n) is 11.5. The molecule has 3 heterocycles. The van der Waals surface area contributed by atoms with E-state index in [-0.39, 0.29) is 17.9 Å². The zero-order valence-corrected chi connectivity index (χ0v) is 24.5. The van der Waals surface area contributed by atoms with Crippen LogP contribution in [-0.4, -0.2) is 52.4 Å². The number of likely N-dealkylation sites (tertiary alicyclic amines) is 1. The number of ether oxygens (including phenoxy) is 3. The van der Waals surface area contributed by atoms with Crippen molar-refractivity contribution in [1.82, 2.24) is 19.8 Å². The molecule has 222 valence electrons. The van der Waals surface area contributed by atoms with Gasteiger partial charge >= 0.3 is 6.09 Å². The maximum atomic E-state index is 14.6. The minimum Gasteiger partial charge on any atom is -0.479 e. The zero-order valence-electron chi connectivity index (χ0n) is 24.5. The number of amides is 1. The van der Waals surface area contributed by atoms with Crippen LogP contribution in [0.5, 0.6) is 17.4 Å². The number of hydrogen-bond donors (Lipinski definition) is 1. The van der Waals surface area contributed by atoms with Gasteiger partial charge in [-0.05, 0) is 69.5 Å². The van der Waals surface area contributed by atoms with Crippen molar-refractivity contribution in [2.45, 2.75) is 51.8 Å². The summed E-state index contributed by atoms with van der Waals surface area (Å²) in [7, 11) is 3.48. The smallest absolute Gasteiger partial charge is 0.410 e. The molecular formula is C32H36F2N4O4. The van der Waals surface area contributed by atoms with Crippen molar-refractivity contribution in [3.8, 4) is 28.5 Å². The van der Waals surface area contributed by atoms with Crippen LogP contribution in [-0.2, 0) is 18.3 Å². The van der Waals surface area contributed by atoms with Gasteiger partial charge in [0.1, 0.15) is 22.7 Å². The van der Waals surface area contributed by atoms with Gasteiger partial charge in [0.25, 0.3) is 0 Å². The van der Waals surface area contributed by atoms with Crippen LogP contribution in [0.3, 0.4) is 0 Å². The molecule has 4 aromatic rings. The number of aryl methyl sites for hydroxylation is 1. The van der Waals surface area contributed by atoms with Gasteiger partial charge in [-0.1, -0.05) is 6.07 Å². The summed E-state index contributed by atoms with van der Waals surface area (Å²) >= 11 is 0. The number of benzene rings is 2. The summed E-state index contributed by atoms with van der Waals surface area (Å²) in [5, 5.41) is 4.51. The molecular weight excluding hydrogens is 542 g/mol. The molecule has 0 aliphatic carbocycles. The third-order valence-corrected chi connectivity index (χ3v) is 7.24. The van der Waals surface area contributed by atoms with E-state index in [1.54, 1.807) is 24.3 Å². The largest absolute Gasteiger partial charge is 0.479 e. The molecule has 1 amide bonds. The zero-order chi connectivity index (χ0) is 30.0. The van der Waals surface area contributed by atoms with Crippen molar-refractivity contribution in [3.05, 3.63) is 72.1 Å². The Hall–Kier alpha value is -4.18. The normalized spacial score (nSPS) is 14.3. The third kappa shape index (κ3) is 6.49. The number of carbonyl (C=O) groups excluding carboxylic acids is 1. The molecule has 0 bridgehead atoms. The van der Waals surface area contributed by atoms with Crippen molar-refractivity contribution >= 4 is 17.0 Å². The Morgan fingerprint density at radius 2 is 1.79 bits per heavy atom. The first-order valence-electron chi connectivity index (χ1n) is 14.0. The summed E-state index contributed by atoms with van der Waals surface area (Å²) in [4.78, 5) is 18.5. The second kappa shape index (κ2) is 12.0. The van der Waals surface area contributed by atoms with Crippen LogP contribution >= 0.6 is 0 Å². The van der Waals surface area contributed by atoms with Crippen molar-refractivity contribution in [2.75, 3.05) is 20.2 Å².